The summed E-state index contributed by atoms with van der Waals surface area (Å²) in [5.41, 5.74) is 1.18. The Labute approximate surface area is 300 Å². The minimum atomic E-state index is -3.60. The molecular formula is C30H47CsNO7P. The van der Waals surface area contributed by atoms with Crippen molar-refractivity contribution in [2.45, 2.75) is 97.3 Å². The van der Waals surface area contributed by atoms with E-state index in [1.54, 1.807) is 6.92 Å². The minimum Gasteiger partial charge on any atom is -1.00 e. The van der Waals surface area contributed by atoms with Crippen molar-refractivity contribution in [1.29, 1.82) is 0 Å². The van der Waals surface area contributed by atoms with Crippen LogP contribution in [0.3, 0.4) is 0 Å². The Bertz CT molecular complexity index is 1010. The maximum atomic E-state index is 14.2. The standard InChI is InChI=1S/C30H46NO7P.Cs.H/c1-4-28(33)37-30(22(2)3)38-39(36,18-12-11-15-23-13-7-5-8-14-23)21-27(32)31-20-25(19-26(31)29(34)35)24-16-9-6-10-17-24;;/h5,7-8,13-14,22,24-26,30H,4,6,9-12,15-21H2,1-3H3,(H,34,35);;/q;+1;-1/t25-,26+,30-,39-;;/m1../s1. The Morgan fingerprint density at radius 1 is 1.07 bits per heavy atom. The van der Waals surface area contributed by atoms with Crippen molar-refractivity contribution in [3.63, 3.8) is 0 Å². The fourth-order valence-electron chi connectivity index (χ4n) is 5.80. The molecule has 0 aromatic heterocycles. The number of hydrogen-bond donors (Lipinski definition) is 1. The number of aryl methyl sites for hydroxylation is 1. The maximum Gasteiger partial charge on any atom is 1.00 e. The van der Waals surface area contributed by atoms with Crippen LogP contribution in [0, 0.1) is 17.8 Å². The van der Waals surface area contributed by atoms with Crippen LogP contribution in [-0.2, 0) is 34.6 Å². The van der Waals surface area contributed by atoms with E-state index in [0.29, 0.717) is 25.3 Å². The molecule has 1 N–H and O–H groups in total. The first-order chi connectivity index (χ1) is 18.6. The van der Waals surface area contributed by atoms with Gasteiger partial charge in [-0.15, -0.1) is 0 Å². The Morgan fingerprint density at radius 2 is 1.75 bits per heavy atom. The van der Waals surface area contributed by atoms with Crippen molar-refractivity contribution in [3.8, 4) is 0 Å². The first-order valence-corrected chi connectivity index (χ1v) is 16.6. The van der Waals surface area contributed by atoms with Crippen molar-refractivity contribution >= 4 is 25.2 Å². The molecule has 0 unspecified atom stereocenters. The number of benzene rings is 1. The summed E-state index contributed by atoms with van der Waals surface area (Å²) in [6.07, 6.45) is 7.12. The van der Waals surface area contributed by atoms with Crippen molar-refractivity contribution in [2.75, 3.05) is 18.9 Å². The summed E-state index contributed by atoms with van der Waals surface area (Å²) in [6, 6.07) is 9.10. The van der Waals surface area contributed by atoms with Crippen LogP contribution < -0.4 is 68.9 Å². The molecule has 40 heavy (non-hydrogen) atoms. The largest absolute Gasteiger partial charge is 1.00 e. The molecule has 1 aromatic rings. The molecule has 0 radical (unpaired) electrons. The van der Waals surface area contributed by atoms with Crippen LogP contribution >= 0.6 is 7.37 Å². The van der Waals surface area contributed by atoms with E-state index in [4.69, 9.17) is 9.26 Å². The number of unbranched alkanes of at least 4 members (excludes halogenated alkanes) is 1. The van der Waals surface area contributed by atoms with Crippen LogP contribution in [0.5, 0.6) is 0 Å². The van der Waals surface area contributed by atoms with Gasteiger partial charge in [0, 0.05) is 25.0 Å². The van der Waals surface area contributed by atoms with Gasteiger partial charge >= 0.3 is 80.8 Å². The number of carboxylic acids is 1. The molecule has 10 heteroatoms. The van der Waals surface area contributed by atoms with Crippen molar-refractivity contribution in [2.24, 2.45) is 17.8 Å². The Balaban J connectivity index is 0.00000420. The van der Waals surface area contributed by atoms with E-state index in [1.807, 2.05) is 44.2 Å². The number of esters is 1. The van der Waals surface area contributed by atoms with Crippen LogP contribution in [0.2, 0.25) is 0 Å². The minimum absolute atomic E-state index is 0. The summed E-state index contributed by atoms with van der Waals surface area (Å²) in [7, 11) is -3.60. The summed E-state index contributed by atoms with van der Waals surface area (Å²) in [5.74, 6) is -1.61. The number of carbonyl (C=O) groups excluding carboxylic acids is 2. The number of rotatable bonds is 14. The predicted octanol–water partition coefficient (Wildman–Crippen LogP) is 3.24. The molecule has 1 saturated carbocycles. The van der Waals surface area contributed by atoms with Crippen LogP contribution in [0.25, 0.3) is 0 Å². The molecule has 0 spiro atoms. The van der Waals surface area contributed by atoms with E-state index in [9.17, 15) is 24.1 Å². The molecule has 4 atom stereocenters. The molecular weight excluding hydrogens is 650 g/mol. The van der Waals surface area contributed by atoms with Gasteiger partial charge in [-0.05, 0) is 43.1 Å². The number of likely N-dealkylation sites (tertiary alicyclic amines) is 1. The van der Waals surface area contributed by atoms with Crippen molar-refractivity contribution in [1.82, 2.24) is 4.90 Å². The van der Waals surface area contributed by atoms with Gasteiger partial charge in [0.15, 0.2) is 0 Å². The number of carboxylic acid groups (broad SMARTS) is 1. The zero-order valence-electron chi connectivity index (χ0n) is 25.8. The second-order valence-electron chi connectivity index (χ2n) is 11.5. The molecule has 1 aliphatic heterocycles. The summed E-state index contributed by atoms with van der Waals surface area (Å²) in [6.45, 7) is 5.68. The first-order valence-electron chi connectivity index (χ1n) is 14.6. The Kier molecular flexibility index (Phi) is 16.1. The van der Waals surface area contributed by atoms with Gasteiger partial charge in [-0.2, -0.15) is 0 Å². The molecule has 0 bridgehead atoms. The zero-order chi connectivity index (χ0) is 28.4. The summed E-state index contributed by atoms with van der Waals surface area (Å²) < 4.78 is 25.7. The monoisotopic (exact) mass is 697 g/mol. The quantitative estimate of drug-likeness (QED) is 0.138. The van der Waals surface area contributed by atoms with Crippen LogP contribution in [-0.4, -0.2) is 59.1 Å². The number of carbonyl (C=O) groups is 3. The van der Waals surface area contributed by atoms with E-state index in [-0.39, 0.29) is 101 Å². The molecule has 1 saturated heterocycles. The SMILES string of the molecule is CCC(=O)O[C@H](O[P@](=O)(CCCCc1ccccc1)CC(=O)N1C[C@H](C2CCCCC2)C[C@H]1C(=O)O)C(C)C.[Cs+].[H-]. The summed E-state index contributed by atoms with van der Waals surface area (Å²) >= 11 is 0. The van der Waals surface area contributed by atoms with Gasteiger partial charge in [0.2, 0.25) is 19.6 Å². The number of amides is 1. The molecule has 1 aliphatic carbocycles. The maximum absolute atomic E-state index is 14.2. The molecule has 1 aromatic carbocycles. The average Bonchev–Trinajstić information content (AvgIpc) is 3.38. The van der Waals surface area contributed by atoms with Crippen LogP contribution in [0.1, 0.15) is 85.5 Å². The van der Waals surface area contributed by atoms with Crippen LogP contribution in [0.4, 0.5) is 0 Å². The fraction of sp³-hybridized carbons (Fsp3) is 0.700. The fourth-order valence-corrected chi connectivity index (χ4v) is 8.10. The number of aliphatic carboxylic acids is 1. The molecule has 8 nitrogen and oxygen atoms in total. The molecule has 2 fully saturated rings. The van der Waals surface area contributed by atoms with Gasteiger partial charge in [0.25, 0.3) is 0 Å². The third-order valence-electron chi connectivity index (χ3n) is 8.07. The molecule has 1 amide bonds. The van der Waals surface area contributed by atoms with Gasteiger partial charge in [0.1, 0.15) is 12.2 Å². The van der Waals surface area contributed by atoms with Gasteiger partial charge in [-0.1, -0.05) is 83.2 Å². The first kappa shape index (κ1) is 36.1. The van der Waals surface area contributed by atoms with E-state index >= 15 is 0 Å². The topological polar surface area (TPSA) is 110 Å². The average molecular weight is 698 g/mol. The molecule has 3 rings (SSSR count). The smallest absolute Gasteiger partial charge is 1.00 e. The molecule has 1 heterocycles. The normalized spacial score (nSPS) is 21.9. The van der Waals surface area contributed by atoms with E-state index < -0.39 is 37.5 Å². The predicted molar refractivity (Wildman–Crippen MR) is 152 cm³/mol. The van der Waals surface area contributed by atoms with E-state index in [0.717, 1.165) is 38.5 Å². The van der Waals surface area contributed by atoms with Gasteiger partial charge in [0.05, 0.1) is 0 Å². The van der Waals surface area contributed by atoms with E-state index in [2.05, 4.69) is 0 Å². The molecule has 2 aliphatic rings. The Hall–Kier alpha value is -0.128. The summed E-state index contributed by atoms with van der Waals surface area (Å²) in [5, 5.41) is 9.92. The second kappa shape index (κ2) is 17.9. The molecule has 220 valence electrons. The Morgan fingerprint density at radius 3 is 2.35 bits per heavy atom. The second-order valence-corrected chi connectivity index (χ2v) is 14.1. The number of nitrogens with zero attached hydrogens (tertiary/aromatic N) is 1. The van der Waals surface area contributed by atoms with Gasteiger partial charge < -0.3 is 16.2 Å². The van der Waals surface area contributed by atoms with E-state index in [1.165, 1.54) is 16.9 Å². The third kappa shape index (κ3) is 11.2. The number of ether oxygens (including phenoxy) is 1. The summed E-state index contributed by atoms with van der Waals surface area (Å²) in [4.78, 5) is 39.2. The van der Waals surface area contributed by atoms with Crippen molar-refractivity contribution in [3.05, 3.63) is 35.9 Å². The third-order valence-corrected chi connectivity index (χ3v) is 10.4. The van der Waals surface area contributed by atoms with Crippen LogP contribution in [0.15, 0.2) is 30.3 Å². The van der Waals surface area contributed by atoms with Crippen molar-refractivity contribution < 1.29 is 104 Å². The van der Waals surface area contributed by atoms with Gasteiger partial charge in [-0.3, -0.25) is 18.7 Å². The number of hydrogen-bond acceptors (Lipinski definition) is 6. The zero-order valence-corrected chi connectivity index (χ0v) is 31.9. The van der Waals surface area contributed by atoms with Gasteiger partial charge in [-0.25, -0.2) is 4.79 Å².